The summed E-state index contributed by atoms with van der Waals surface area (Å²) >= 11 is 1.33. The van der Waals surface area contributed by atoms with Gasteiger partial charge in [0.25, 0.3) is 0 Å². The summed E-state index contributed by atoms with van der Waals surface area (Å²) in [6.07, 6.45) is 0. The van der Waals surface area contributed by atoms with E-state index < -0.39 is 0 Å². The third kappa shape index (κ3) is 4.20. The molecule has 2 heterocycles. The molecule has 0 saturated carbocycles. The highest BCUT2D eigenvalue weighted by atomic mass is 32.2. The van der Waals surface area contributed by atoms with Crippen LogP contribution >= 0.6 is 11.8 Å². The van der Waals surface area contributed by atoms with Gasteiger partial charge >= 0.3 is 0 Å². The number of carbonyl (C=O) groups excluding carboxylic acids is 1. The van der Waals surface area contributed by atoms with Crippen molar-refractivity contribution in [3.05, 3.63) is 60.7 Å². The average molecular weight is 421 g/mol. The van der Waals surface area contributed by atoms with Crippen LogP contribution in [0.1, 0.15) is 0 Å². The van der Waals surface area contributed by atoms with Gasteiger partial charge in [-0.1, -0.05) is 42.1 Å². The summed E-state index contributed by atoms with van der Waals surface area (Å²) in [5, 5.41) is 16.5. The van der Waals surface area contributed by atoms with Crippen LogP contribution in [0.15, 0.2) is 65.7 Å². The van der Waals surface area contributed by atoms with Gasteiger partial charge in [0.1, 0.15) is 5.03 Å². The Labute approximate surface area is 177 Å². The fourth-order valence-corrected chi connectivity index (χ4v) is 3.52. The van der Waals surface area contributed by atoms with Gasteiger partial charge in [-0.3, -0.25) is 4.79 Å². The lowest BCUT2D eigenvalue weighted by Gasteiger charge is -2.10. The summed E-state index contributed by atoms with van der Waals surface area (Å²) in [5.41, 5.74) is 2.20. The highest BCUT2D eigenvalue weighted by Gasteiger charge is 2.12. The molecule has 0 radical (unpaired) electrons. The smallest absolute Gasteiger partial charge is 0.234 e. The van der Waals surface area contributed by atoms with Crippen molar-refractivity contribution in [3.8, 4) is 22.9 Å². The lowest BCUT2D eigenvalue weighted by atomic mass is 10.2. The van der Waals surface area contributed by atoms with Gasteiger partial charge in [-0.2, -0.15) is 9.61 Å². The van der Waals surface area contributed by atoms with E-state index in [1.807, 2.05) is 42.5 Å². The monoisotopic (exact) mass is 421 g/mol. The molecule has 9 heteroatoms. The fourth-order valence-electron chi connectivity index (χ4n) is 2.87. The van der Waals surface area contributed by atoms with E-state index in [1.54, 1.807) is 36.9 Å². The molecule has 0 spiro atoms. The molecule has 2 aromatic carbocycles. The van der Waals surface area contributed by atoms with Crippen molar-refractivity contribution < 1.29 is 14.3 Å². The van der Waals surface area contributed by atoms with Crippen molar-refractivity contribution >= 4 is 29.0 Å². The molecule has 0 aliphatic rings. The second kappa shape index (κ2) is 8.83. The van der Waals surface area contributed by atoms with Crippen LogP contribution < -0.4 is 14.8 Å². The van der Waals surface area contributed by atoms with Crippen molar-refractivity contribution in [1.82, 2.24) is 19.8 Å². The number of methoxy groups -OCH3 is 2. The van der Waals surface area contributed by atoms with Gasteiger partial charge in [0.15, 0.2) is 23.0 Å². The van der Waals surface area contributed by atoms with Gasteiger partial charge in [-0.25, -0.2) is 0 Å². The molecule has 0 saturated heterocycles. The number of nitrogens with zero attached hydrogens (tertiary/aromatic N) is 4. The summed E-state index contributed by atoms with van der Waals surface area (Å²) in [4.78, 5) is 12.4. The van der Waals surface area contributed by atoms with Gasteiger partial charge < -0.3 is 14.8 Å². The number of thioether (sulfide) groups is 1. The Morgan fingerprint density at radius 2 is 1.80 bits per heavy atom. The molecular weight excluding hydrogens is 402 g/mol. The molecule has 152 valence electrons. The van der Waals surface area contributed by atoms with E-state index in [9.17, 15) is 4.79 Å². The summed E-state index contributed by atoms with van der Waals surface area (Å²) in [6, 6.07) is 18.6. The number of nitrogens with one attached hydrogen (secondary N) is 1. The van der Waals surface area contributed by atoms with E-state index >= 15 is 0 Å². The van der Waals surface area contributed by atoms with Crippen molar-refractivity contribution in [2.45, 2.75) is 5.03 Å². The zero-order chi connectivity index (χ0) is 20.9. The first-order valence-electron chi connectivity index (χ1n) is 9.10. The first kappa shape index (κ1) is 19.7. The molecule has 8 nitrogen and oxygen atoms in total. The first-order valence-corrected chi connectivity index (χ1v) is 10.1. The Balaban J connectivity index is 1.45. The summed E-state index contributed by atoms with van der Waals surface area (Å²) in [6.45, 7) is 0. The molecule has 0 fully saturated rings. The molecule has 1 N–H and O–H groups in total. The van der Waals surface area contributed by atoms with Crippen molar-refractivity contribution in [2.24, 2.45) is 0 Å². The molecule has 0 unspecified atom stereocenters. The van der Waals surface area contributed by atoms with Crippen LogP contribution in [-0.4, -0.2) is 45.7 Å². The molecule has 4 aromatic rings. The summed E-state index contributed by atoms with van der Waals surface area (Å²) in [7, 11) is 3.12. The van der Waals surface area contributed by atoms with E-state index in [4.69, 9.17) is 9.47 Å². The molecule has 4 rings (SSSR count). The number of fused-ring (bicyclic) bond motifs is 1. The number of anilines is 1. The Hall–Kier alpha value is -3.59. The number of aromatic nitrogens is 4. The minimum Gasteiger partial charge on any atom is -0.493 e. The summed E-state index contributed by atoms with van der Waals surface area (Å²) in [5.74, 6) is 1.86. The lowest BCUT2D eigenvalue weighted by molar-refractivity contribution is -0.113. The third-order valence-corrected chi connectivity index (χ3v) is 5.21. The minimum atomic E-state index is -0.152. The fraction of sp³-hybridized carbons (Fsp3) is 0.143. The average Bonchev–Trinajstić information content (AvgIpc) is 3.21. The lowest BCUT2D eigenvalue weighted by Crippen LogP contribution is -2.14. The SMILES string of the molecule is COc1ccc(NC(=O)CSc2ccc3nnc(-c4ccccc4)n3n2)cc1OC. The van der Waals surface area contributed by atoms with Gasteiger partial charge in [-0.15, -0.1) is 10.2 Å². The van der Waals surface area contributed by atoms with Gasteiger partial charge in [0.05, 0.1) is 20.0 Å². The number of carbonyl (C=O) groups is 1. The van der Waals surface area contributed by atoms with Crippen molar-refractivity contribution in [2.75, 3.05) is 25.3 Å². The van der Waals surface area contributed by atoms with Crippen LogP contribution in [-0.2, 0) is 4.79 Å². The highest BCUT2D eigenvalue weighted by Crippen LogP contribution is 2.30. The van der Waals surface area contributed by atoms with Crippen molar-refractivity contribution in [1.29, 1.82) is 0 Å². The zero-order valence-corrected chi connectivity index (χ0v) is 17.2. The molecule has 0 aliphatic carbocycles. The van der Waals surface area contributed by atoms with E-state index in [0.29, 0.717) is 33.7 Å². The quantitative estimate of drug-likeness (QED) is 0.457. The molecule has 1 amide bonds. The standard InChI is InChI=1S/C21H19N5O3S/c1-28-16-9-8-15(12-17(16)29-2)22-19(27)13-30-20-11-10-18-23-24-21(26(18)25-20)14-6-4-3-5-7-14/h3-12H,13H2,1-2H3,(H,22,27). The number of benzene rings is 2. The molecule has 0 aliphatic heterocycles. The minimum absolute atomic E-state index is 0.152. The Morgan fingerprint density at radius 1 is 1.00 bits per heavy atom. The molecule has 2 aromatic heterocycles. The van der Waals surface area contributed by atoms with Crippen molar-refractivity contribution in [3.63, 3.8) is 0 Å². The van der Waals surface area contributed by atoms with Crippen LogP contribution in [0, 0.1) is 0 Å². The topological polar surface area (TPSA) is 90.6 Å². The number of rotatable bonds is 7. The number of amides is 1. The van der Waals surface area contributed by atoms with Crippen LogP contribution in [0.5, 0.6) is 11.5 Å². The largest absolute Gasteiger partial charge is 0.493 e. The number of hydrogen-bond donors (Lipinski definition) is 1. The predicted molar refractivity (Wildman–Crippen MR) is 115 cm³/mol. The Kier molecular flexibility index (Phi) is 5.80. The third-order valence-electron chi connectivity index (χ3n) is 4.29. The van der Waals surface area contributed by atoms with E-state index in [2.05, 4.69) is 20.6 Å². The van der Waals surface area contributed by atoms with E-state index in [0.717, 1.165) is 5.56 Å². The number of ether oxygens (including phenoxy) is 2. The van der Waals surface area contributed by atoms with Crippen LogP contribution in [0.2, 0.25) is 0 Å². The maximum absolute atomic E-state index is 12.4. The van der Waals surface area contributed by atoms with E-state index in [1.165, 1.54) is 11.8 Å². The maximum Gasteiger partial charge on any atom is 0.234 e. The maximum atomic E-state index is 12.4. The normalized spacial score (nSPS) is 10.7. The predicted octanol–water partition coefficient (Wildman–Crippen LogP) is 3.54. The van der Waals surface area contributed by atoms with Gasteiger partial charge in [0.2, 0.25) is 5.91 Å². The highest BCUT2D eigenvalue weighted by molar-refractivity contribution is 7.99. The molecule has 0 atom stereocenters. The first-order chi connectivity index (χ1) is 14.7. The van der Waals surface area contributed by atoms with Crippen LogP contribution in [0.25, 0.3) is 17.0 Å². The number of hydrogen-bond acceptors (Lipinski definition) is 7. The van der Waals surface area contributed by atoms with Gasteiger partial charge in [0, 0.05) is 17.3 Å². The van der Waals surface area contributed by atoms with Crippen LogP contribution in [0.4, 0.5) is 5.69 Å². The Morgan fingerprint density at radius 3 is 2.57 bits per heavy atom. The molecule has 0 bridgehead atoms. The molecule has 30 heavy (non-hydrogen) atoms. The second-order valence-electron chi connectivity index (χ2n) is 6.24. The van der Waals surface area contributed by atoms with Crippen LogP contribution in [0.3, 0.4) is 0 Å². The van der Waals surface area contributed by atoms with Gasteiger partial charge in [-0.05, 0) is 24.3 Å². The molecular formula is C21H19N5O3S. The van der Waals surface area contributed by atoms with E-state index in [-0.39, 0.29) is 11.7 Å². The second-order valence-corrected chi connectivity index (χ2v) is 7.23. The Bertz CT molecular complexity index is 1180. The zero-order valence-electron chi connectivity index (χ0n) is 16.4. The summed E-state index contributed by atoms with van der Waals surface area (Å²) < 4.78 is 12.2.